The number of ether oxygens (including phenoxy) is 1. The van der Waals surface area contributed by atoms with Gasteiger partial charge in [-0.15, -0.1) is 0 Å². The SMILES string of the molecule is COCCN(C(=O)N(CCC(=O)O)C(C)(C)C)C(C)C. The summed E-state index contributed by atoms with van der Waals surface area (Å²) in [6.07, 6.45) is -0.0563. The monoisotopic (exact) mass is 288 g/mol. The van der Waals surface area contributed by atoms with Gasteiger partial charge in [-0.1, -0.05) is 0 Å². The van der Waals surface area contributed by atoms with Gasteiger partial charge in [0.2, 0.25) is 0 Å². The van der Waals surface area contributed by atoms with Crippen LogP contribution in [0.4, 0.5) is 4.79 Å². The third-order valence-electron chi connectivity index (χ3n) is 3.00. The Balaban J connectivity index is 5.01. The highest BCUT2D eigenvalue weighted by Gasteiger charge is 2.31. The number of carbonyl (C=O) groups is 2. The minimum atomic E-state index is -0.903. The molecule has 0 atom stereocenters. The molecule has 0 bridgehead atoms. The van der Waals surface area contributed by atoms with Crippen LogP contribution in [0.15, 0.2) is 0 Å². The average molecular weight is 288 g/mol. The summed E-state index contributed by atoms with van der Waals surface area (Å²) in [6, 6.07) is -0.113. The van der Waals surface area contributed by atoms with Crippen molar-refractivity contribution in [1.29, 1.82) is 0 Å². The zero-order valence-corrected chi connectivity index (χ0v) is 13.5. The van der Waals surface area contributed by atoms with Crippen molar-refractivity contribution in [3.8, 4) is 0 Å². The van der Waals surface area contributed by atoms with Crippen molar-refractivity contribution in [3.05, 3.63) is 0 Å². The molecule has 0 spiro atoms. The van der Waals surface area contributed by atoms with Crippen LogP contribution in [0, 0.1) is 0 Å². The molecule has 0 aliphatic rings. The fourth-order valence-corrected chi connectivity index (χ4v) is 1.84. The molecule has 0 saturated carbocycles. The maximum atomic E-state index is 12.7. The first kappa shape index (κ1) is 18.7. The third-order valence-corrected chi connectivity index (χ3v) is 3.00. The highest BCUT2D eigenvalue weighted by Crippen LogP contribution is 2.17. The van der Waals surface area contributed by atoms with Gasteiger partial charge in [0.05, 0.1) is 13.0 Å². The van der Waals surface area contributed by atoms with E-state index < -0.39 is 11.5 Å². The zero-order valence-electron chi connectivity index (χ0n) is 13.5. The molecule has 118 valence electrons. The van der Waals surface area contributed by atoms with Gasteiger partial charge in [0, 0.05) is 31.8 Å². The number of methoxy groups -OCH3 is 1. The Bertz CT molecular complexity index is 324. The predicted molar refractivity (Wildman–Crippen MR) is 77.8 cm³/mol. The van der Waals surface area contributed by atoms with E-state index in [2.05, 4.69) is 0 Å². The Morgan fingerprint density at radius 3 is 2.10 bits per heavy atom. The van der Waals surface area contributed by atoms with E-state index >= 15 is 0 Å². The number of carbonyl (C=O) groups excluding carboxylic acids is 1. The normalized spacial score (nSPS) is 11.6. The summed E-state index contributed by atoms with van der Waals surface area (Å²) in [6.45, 7) is 10.7. The molecule has 0 unspecified atom stereocenters. The predicted octanol–water partition coefficient (Wildman–Crippen LogP) is 2.04. The van der Waals surface area contributed by atoms with Gasteiger partial charge in [-0.25, -0.2) is 4.79 Å². The van der Waals surface area contributed by atoms with Crippen molar-refractivity contribution in [2.75, 3.05) is 26.8 Å². The number of rotatable bonds is 7. The summed E-state index contributed by atoms with van der Waals surface area (Å²) in [7, 11) is 1.59. The molecule has 0 rings (SSSR count). The van der Waals surface area contributed by atoms with E-state index in [1.54, 1.807) is 16.9 Å². The summed E-state index contributed by atoms with van der Waals surface area (Å²) < 4.78 is 5.03. The standard InChI is InChI=1S/C14H28N2O4/c1-11(2)15(9-10-20-6)13(19)16(14(3,4)5)8-7-12(17)18/h11H,7-10H2,1-6H3,(H,17,18). The Morgan fingerprint density at radius 2 is 1.75 bits per heavy atom. The zero-order chi connectivity index (χ0) is 15.9. The van der Waals surface area contributed by atoms with Crippen molar-refractivity contribution in [2.24, 2.45) is 0 Å². The van der Waals surface area contributed by atoms with E-state index in [0.717, 1.165) is 0 Å². The van der Waals surface area contributed by atoms with Crippen LogP contribution < -0.4 is 0 Å². The molecule has 0 aromatic carbocycles. The van der Waals surface area contributed by atoms with E-state index in [1.165, 1.54) is 0 Å². The second-order valence-electron chi connectivity index (χ2n) is 6.03. The van der Waals surface area contributed by atoms with Crippen LogP contribution in [-0.2, 0) is 9.53 Å². The Kier molecular flexibility index (Phi) is 7.57. The Morgan fingerprint density at radius 1 is 1.20 bits per heavy atom. The lowest BCUT2D eigenvalue weighted by atomic mass is 10.1. The molecule has 0 heterocycles. The van der Waals surface area contributed by atoms with Gasteiger partial charge in [-0.2, -0.15) is 0 Å². The lowest BCUT2D eigenvalue weighted by Crippen LogP contribution is -2.54. The summed E-state index contributed by atoms with van der Waals surface area (Å²) >= 11 is 0. The van der Waals surface area contributed by atoms with Gasteiger partial charge in [0.1, 0.15) is 0 Å². The number of carboxylic acid groups (broad SMARTS) is 1. The van der Waals surface area contributed by atoms with Crippen molar-refractivity contribution >= 4 is 12.0 Å². The smallest absolute Gasteiger partial charge is 0.320 e. The fraction of sp³-hybridized carbons (Fsp3) is 0.857. The van der Waals surface area contributed by atoms with Gasteiger partial charge in [0.25, 0.3) is 0 Å². The van der Waals surface area contributed by atoms with Crippen LogP contribution in [0.1, 0.15) is 41.0 Å². The van der Waals surface area contributed by atoms with Crippen molar-refractivity contribution in [1.82, 2.24) is 9.80 Å². The number of aliphatic carboxylic acids is 1. The fourth-order valence-electron chi connectivity index (χ4n) is 1.84. The van der Waals surface area contributed by atoms with Crippen LogP contribution in [0.2, 0.25) is 0 Å². The van der Waals surface area contributed by atoms with E-state index in [1.807, 2.05) is 34.6 Å². The maximum absolute atomic E-state index is 12.7. The minimum Gasteiger partial charge on any atom is -0.481 e. The van der Waals surface area contributed by atoms with Crippen LogP contribution in [0.3, 0.4) is 0 Å². The molecule has 6 nitrogen and oxygen atoms in total. The molecule has 20 heavy (non-hydrogen) atoms. The van der Waals surface area contributed by atoms with E-state index in [-0.39, 0.29) is 25.0 Å². The molecular formula is C14H28N2O4. The average Bonchev–Trinajstić information content (AvgIpc) is 2.26. The Hall–Kier alpha value is -1.30. The van der Waals surface area contributed by atoms with E-state index in [0.29, 0.717) is 13.2 Å². The highest BCUT2D eigenvalue weighted by atomic mass is 16.5. The van der Waals surface area contributed by atoms with Crippen molar-refractivity contribution < 1.29 is 19.4 Å². The molecule has 6 heteroatoms. The van der Waals surface area contributed by atoms with Gasteiger partial charge < -0.3 is 19.6 Å². The molecule has 0 saturated heterocycles. The third kappa shape index (κ3) is 6.23. The quantitative estimate of drug-likeness (QED) is 0.778. The molecule has 0 fully saturated rings. The van der Waals surface area contributed by atoms with Gasteiger partial charge in [-0.05, 0) is 34.6 Å². The summed E-state index contributed by atoms with van der Waals surface area (Å²) in [5.74, 6) is -0.903. The number of urea groups is 1. The lowest BCUT2D eigenvalue weighted by Gasteiger charge is -2.40. The van der Waals surface area contributed by atoms with E-state index in [4.69, 9.17) is 9.84 Å². The summed E-state index contributed by atoms with van der Waals surface area (Å²) in [4.78, 5) is 26.7. The summed E-state index contributed by atoms with van der Waals surface area (Å²) in [5, 5.41) is 8.83. The van der Waals surface area contributed by atoms with Crippen LogP contribution in [-0.4, -0.2) is 65.3 Å². The lowest BCUT2D eigenvalue weighted by molar-refractivity contribution is -0.137. The minimum absolute atomic E-state index is 0.0346. The number of nitrogens with zero attached hydrogens (tertiary/aromatic N) is 2. The number of hydrogen-bond acceptors (Lipinski definition) is 3. The van der Waals surface area contributed by atoms with Crippen molar-refractivity contribution in [2.45, 2.75) is 52.6 Å². The van der Waals surface area contributed by atoms with Crippen LogP contribution in [0.5, 0.6) is 0 Å². The van der Waals surface area contributed by atoms with Crippen molar-refractivity contribution in [3.63, 3.8) is 0 Å². The number of hydrogen-bond donors (Lipinski definition) is 1. The summed E-state index contributed by atoms with van der Waals surface area (Å²) in [5.41, 5.74) is -0.424. The van der Waals surface area contributed by atoms with Crippen LogP contribution >= 0.6 is 0 Å². The molecular weight excluding hydrogens is 260 g/mol. The molecule has 2 amide bonds. The molecule has 0 aliphatic heterocycles. The molecule has 1 N–H and O–H groups in total. The maximum Gasteiger partial charge on any atom is 0.320 e. The Labute approximate surface area is 121 Å². The first-order chi connectivity index (χ1) is 9.11. The first-order valence-electron chi connectivity index (χ1n) is 6.90. The highest BCUT2D eigenvalue weighted by molar-refractivity contribution is 5.76. The molecule has 0 aliphatic carbocycles. The molecule has 0 aromatic heterocycles. The van der Waals surface area contributed by atoms with Gasteiger partial charge in [-0.3, -0.25) is 4.79 Å². The van der Waals surface area contributed by atoms with E-state index in [9.17, 15) is 9.59 Å². The first-order valence-corrected chi connectivity index (χ1v) is 6.90. The van der Waals surface area contributed by atoms with Crippen LogP contribution in [0.25, 0.3) is 0 Å². The second-order valence-corrected chi connectivity index (χ2v) is 6.03. The van der Waals surface area contributed by atoms with Gasteiger partial charge >= 0.3 is 12.0 Å². The second kappa shape index (κ2) is 8.09. The number of carboxylic acids is 1. The topological polar surface area (TPSA) is 70.1 Å². The van der Waals surface area contributed by atoms with Gasteiger partial charge in [0.15, 0.2) is 0 Å². The largest absolute Gasteiger partial charge is 0.481 e. The molecule has 0 radical (unpaired) electrons. The number of amides is 2. The molecule has 0 aromatic rings.